The number of aryl methyl sites for hydroxylation is 2. The molecule has 7 nitrogen and oxygen atoms in total. The molecular weight excluding hydrogens is 394 g/mol. The van der Waals surface area contributed by atoms with Gasteiger partial charge in [0.25, 0.3) is 11.5 Å². The minimum Gasteiger partial charge on any atom is -0.497 e. The summed E-state index contributed by atoms with van der Waals surface area (Å²) < 4.78 is 6.84. The van der Waals surface area contributed by atoms with Crippen molar-refractivity contribution in [3.63, 3.8) is 0 Å². The number of hydrogen-bond acceptors (Lipinski definition) is 4. The van der Waals surface area contributed by atoms with Crippen molar-refractivity contribution in [2.24, 2.45) is 5.92 Å². The van der Waals surface area contributed by atoms with Crippen LogP contribution >= 0.6 is 0 Å². The molecule has 1 fully saturated rings. The molecule has 0 N–H and O–H groups in total. The van der Waals surface area contributed by atoms with Crippen molar-refractivity contribution < 1.29 is 14.3 Å². The van der Waals surface area contributed by atoms with E-state index in [1.54, 1.807) is 35.8 Å². The highest BCUT2D eigenvalue weighted by atomic mass is 16.5. The number of ether oxygens (including phenoxy) is 1. The molecule has 1 aromatic heterocycles. The van der Waals surface area contributed by atoms with E-state index < -0.39 is 0 Å². The summed E-state index contributed by atoms with van der Waals surface area (Å²) in [5, 5.41) is 0. The quantitative estimate of drug-likeness (QED) is 0.684. The van der Waals surface area contributed by atoms with Gasteiger partial charge in [-0.15, -0.1) is 0 Å². The number of hydrogen-bond donors (Lipinski definition) is 0. The maximum atomic E-state index is 13.2. The van der Waals surface area contributed by atoms with Crippen molar-refractivity contribution in [2.45, 2.75) is 40.3 Å². The van der Waals surface area contributed by atoms with Crippen molar-refractivity contribution >= 4 is 11.8 Å². The van der Waals surface area contributed by atoms with Crippen LogP contribution in [0.4, 0.5) is 0 Å². The first-order chi connectivity index (χ1) is 14.8. The Balaban J connectivity index is 1.71. The van der Waals surface area contributed by atoms with Gasteiger partial charge < -0.3 is 19.1 Å². The lowest BCUT2D eigenvalue weighted by Gasteiger charge is -2.34. The first kappa shape index (κ1) is 22.6. The third-order valence-electron chi connectivity index (χ3n) is 5.65. The van der Waals surface area contributed by atoms with Crippen LogP contribution in [-0.4, -0.2) is 52.9 Å². The van der Waals surface area contributed by atoms with Crippen molar-refractivity contribution in [3.05, 3.63) is 63.6 Å². The van der Waals surface area contributed by atoms with Gasteiger partial charge in [0.1, 0.15) is 17.9 Å². The fourth-order valence-electron chi connectivity index (χ4n) is 3.70. The third-order valence-corrected chi connectivity index (χ3v) is 5.65. The zero-order chi connectivity index (χ0) is 22.5. The molecule has 3 rings (SSSR count). The van der Waals surface area contributed by atoms with E-state index >= 15 is 0 Å². The Kier molecular flexibility index (Phi) is 7.15. The Bertz CT molecular complexity index is 1010. The summed E-state index contributed by atoms with van der Waals surface area (Å²) in [5.41, 5.74) is 1.50. The molecule has 0 radical (unpaired) electrons. The largest absolute Gasteiger partial charge is 0.497 e. The van der Waals surface area contributed by atoms with Crippen LogP contribution in [0.3, 0.4) is 0 Å². The number of methoxy groups -OCH3 is 1. The molecule has 1 aliphatic heterocycles. The SMILES string of the molecule is COc1cccc(CN2CCN(C(=O)c3c(C)ccn(CCC(C)C)c3=O)CC2=O)c1. The smallest absolute Gasteiger partial charge is 0.263 e. The van der Waals surface area contributed by atoms with E-state index in [4.69, 9.17) is 4.74 Å². The van der Waals surface area contributed by atoms with Crippen LogP contribution in [0.1, 0.15) is 41.8 Å². The molecule has 0 aliphatic carbocycles. The second kappa shape index (κ2) is 9.81. The molecule has 2 amide bonds. The van der Waals surface area contributed by atoms with E-state index in [1.807, 2.05) is 24.3 Å². The lowest BCUT2D eigenvalue weighted by molar-refractivity contribution is -0.135. The highest BCUT2D eigenvalue weighted by Crippen LogP contribution is 2.17. The molecule has 0 atom stereocenters. The predicted octanol–water partition coefficient (Wildman–Crippen LogP) is 2.70. The summed E-state index contributed by atoms with van der Waals surface area (Å²) in [7, 11) is 1.61. The Labute approximate surface area is 183 Å². The van der Waals surface area contributed by atoms with E-state index in [2.05, 4.69) is 13.8 Å². The first-order valence-electron chi connectivity index (χ1n) is 10.7. The average molecular weight is 426 g/mol. The van der Waals surface area contributed by atoms with Gasteiger partial charge in [-0.1, -0.05) is 26.0 Å². The molecule has 166 valence electrons. The van der Waals surface area contributed by atoms with Crippen molar-refractivity contribution in [3.8, 4) is 5.75 Å². The summed E-state index contributed by atoms with van der Waals surface area (Å²) in [6.07, 6.45) is 2.60. The zero-order valence-electron chi connectivity index (χ0n) is 18.8. The number of benzene rings is 1. The molecule has 1 aliphatic rings. The molecule has 0 unspecified atom stereocenters. The second-order valence-corrected chi connectivity index (χ2v) is 8.45. The van der Waals surface area contributed by atoms with E-state index in [0.717, 1.165) is 17.7 Å². The molecule has 1 aromatic carbocycles. The topological polar surface area (TPSA) is 71.8 Å². The normalized spacial score (nSPS) is 14.3. The highest BCUT2D eigenvalue weighted by Gasteiger charge is 2.30. The summed E-state index contributed by atoms with van der Waals surface area (Å²) in [4.78, 5) is 42.0. The first-order valence-corrected chi connectivity index (χ1v) is 10.7. The molecule has 31 heavy (non-hydrogen) atoms. The third kappa shape index (κ3) is 5.34. The van der Waals surface area contributed by atoms with Crippen LogP contribution in [0.15, 0.2) is 41.3 Å². The van der Waals surface area contributed by atoms with Crippen LogP contribution < -0.4 is 10.3 Å². The maximum Gasteiger partial charge on any atom is 0.263 e. The van der Waals surface area contributed by atoms with Crippen LogP contribution in [0.25, 0.3) is 0 Å². The standard InChI is InChI=1S/C24H31N3O4/c1-17(2)8-10-25-11-9-18(3)22(23(25)29)24(30)27-13-12-26(21(28)16-27)15-19-6-5-7-20(14-19)31-4/h5-7,9,11,14,17H,8,10,12-13,15-16H2,1-4H3. The Morgan fingerprint density at radius 1 is 1.16 bits per heavy atom. The van der Waals surface area contributed by atoms with Gasteiger partial charge in [-0.05, 0) is 48.6 Å². The molecule has 0 saturated carbocycles. The minimum absolute atomic E-state index is 0.0252. The number of amides is 2. The molecule has 2 aromatic rings. The van der Waals surface area contributed by atoms with E-state index in [0.29, 0.717) is 37.7 Å². The van der Waals surface area contributed by atoms with Gasteiger partial charge in [0, 0.05) is 32.4 Å². The number of carbonyl (C=O) groups excluding carboxylic acids is 2. The highest BCUT2D eigenvalue weighted by molar-refractivity contribution is 5.97. The van der Waals surface area contributed by atoms with Gasteiger partial charge in [0.05, 0.1) is 7.11 Å². The zero-order valence-corrected chi connectivity index (χ0v) is 18.8. The number of carbonyl (C=O) groups is 2. The van der Waals surface area contributed by atoms with E-state index in [1.165, 1.54) is 4.90 Å². The van der Waals surface area contributed by atoms with Gasteiger partial charge >= 0.3 is 0 Å². The second-order valence-electron chi connectivity index (χ2n) is 8.45. The average Bonchev–Trinajstić information content (AvgIpc) is 2.74. The molecule has 0 spiro atoms. The maximum absolute atomic E-state index is 13.2. The summed E-state index contributed by atoms with van der Waals surface area (Å²) in [6.45, 7) is 7.80. The van der Waals surface area contributed by atoms with Crippen molar-refractivity contribution in [2.75, 3.05) is 26.7 Å². The molecular formula is C24H31N3O4. The summed E-state index contributed by atoms with van der Waals surface area (Å²) in [6, 6.07) is 9.40. The van der Waals surface area contributed by atoms with E-state index in [9.17, 15) is 14.4 Å². The lowest BCUT2D eigenvalue weighted by atomic mass is 10.1. The molecule has 0 bridgehead atoms. The minimum atomic E-state index is -0.365. The van der Waals surface area contributed by atoms with Gasteiger partial charge in [0.15, 0.2) is 0 Å². The fourth-order valence-corrected chi connectivity index (χ4v) is 3.70. The van der Waals surface area contributed by atoms with Crippen LogP contribution in [0.5, 0.6) is 5.75 Å². The number of piperazine rings is 1. The van der Waals surface area contributed by atoms with Gasteiger partial charge in [-0.25, -0.2) is 0 Å². The van der Waals surface area contributed by atoms with Gasteiger partial charge in [-0.2, -0.15) is 0 Å². The fraction of sp³-hybridized carbons (Fsp3) is 0.458. The van der Waals surface area contributed by atoms with E-state index in [-0.39, 0.29) is 29.5 Å². The number of nitrogens with zero attached hydrogens (tertiary/aromatic N) is 3. The van der Waals surface area contributed by atoms with Crippen LogP contribution in [0.2, 0.25) is 0 Å². The molecule has 2 heterocycles. The number of pyridine rings is 1. The Morgan fingerprint density at radius 3 is 2.61 bits per heavy atom. The predicted molar refractivity (Wildman–Crippen MR) is 119 cm³/mol. The van der Waals surface area contributed by atoms with Gasteiger partial charge in [0.2, 0.25) is 5.91 Å². The lowest BCUT2D eigenvalue weighted by Crippen LogP contribution is -2.52. The van der Waals surface area contributed by atoms with Crippen LogP contribution in [0, 0.1) is 12.8 Å². The Hall–Kier alpha value is -3.09. The summed E-state index contributed by atoms with van der Waals surface area (Å²) >= 11 is 0. The number of rotatable bonds is 7. The van der Waals surface area contributed by atoms with Gasteiger partial charge in [-0.3, -0.25) is 14.4 Å². The summed E-state index contributed by atoms with van der Waals surface area (Å²) in [5.74, 6) is 0.710. The molecule has 1 saturated heterocycles. The number of aromatic nitrogens is 1. The van der Waals surface area contributed by atoms with Crippen LogP contribution in [-0.2, 0) is 17.9 Å². The monoisotopic (exact) mass is 425 g/mol. The Morgan fingerprint density at radius 2 is 1.94 bits per heavy atom. The molecule has 7 heteroatoms. The van der Waals surface area contributed by atoms with Crippen molar-refractivity contribution in [1.82, 2.24) is 14.4 Å². The van der Waals surface area contributed by atoms with Crippen molar-refractivity contribution in [1.29, 1.82) is 0 Å².